The molecule has 3 rings (SSSR count). The monoisotopic (exact) mass is 332 g/mol. The maximum atomic E-state index is 9.49. The topological polar surface area (TPSA) is 45.6 Å². The number of hydrogen-bond donors (Lipinski definition) is 1. The van der Waals surface area contributed by atoms with E-state index in [0.717, 1.165) is 36.0 Å². The Labute approximate surface area is 141 Å². The van der Waals surface area contributed by atoms with Crippen LogP contribution in [0.3, 0.4) is 0 Å². The van der Waals surface area contributed by atoms with Gasteiger partial charge in [-0.2, -0.15) is 0 Å². The molecule has 0 spiro atoms. The zero-order valence-electron chi connectivity index (χ0n) is 13.6. The van der Waals surface area contributed by atoms with Crippen LogP contribution in [0.1, 0.15) is 35.5 Å². The smallest absolute Gasteiger partial charge is 0.140 e. The molecule has 124 valence electrons. The van der Waals surface area contributed by atoms with E-state index in [-0.39, 0.29) is 12.6 Å². The number of aromatic nitrogens is 1. The first-order chi connectivity index (χ1) is 11.2. The Balaban J connectivity index is 1.54. The van der Waals surface area contributed by atoms with Crippen molar-refractivity contribution >= 4 is 11.3 Å². The van der Waals surface area contributed by atoms with Crippen molar-refractivity contribution in [3.63, 3.8) is 0 Å². The molecule has 0 radical (unpaired) electrons. The first kappa shape index (κ1) is 16.4. The maximum absolute atomic E-state index is 9.49. The van der Waals surface area contributed by atoms with Crippen molar-refractivity contribution in [3.05, 3.63) is 45.9 Å². The summed E-state index contributed by atoms with van der Waals surface area (Å²) < 4.78 is 5.79. The van der Waals surface area contributed by atoms with Crippen LogP contribution < -0.4 is 4.74 Å². The number of aliphatic hydroxyl groups is 1. The normalized spacial score (nSPS) is 19.0. The quantitative estimate of drug-likeness (QED) is 0.881. The molecule has 4 nitrogen and oxygen atoms in total. The highest BCUT2D eigenvalue weighted by molar-refractivity contribution is 7.09. The molecule has 1 saturated heterocycles. The Morgan fingerprint density at radius 3 is 2.91 bits per heavy atom. The van der Waals surface area contributed by atoms with Gasteiger partial charge >= 0.3 is 0 Å². The molecule has 0 saturated carbocycles. The van der Waals surface area contributed by atoms with Crippen molar-refractivity contribution in [3.8, 4) is 5.75 Å². The molecule has 1 aliphatic heterocycles. The largest absolute Gasteiger partial charge is 0.486 e. The van der Waals surface area contributed by atoms with Gasteiger partial charge in [-0.05, 0) is 38.4 Å². The van der Waals surface area contributed by atoms with Crippen molar-refractivity contribution in [2.75, 3.05) is 13.2 Å². The van der Waals surface area contributed by atoms with Crippen LogP contribution in [0, 0.1) is 6.92 Å². The molecule has 5 heteroatoms. The predicted octanol–water partition coefficient (Wildman–Crippen LogP) is 3.38. The van der Waals surface area contributed by atoms with E-state index in [9.17, 15) is 5.11 Å². The van der Waals surface area contributed by atoms with Crippen LogP contribution in [0.4, 0.5) is 0 Å². The Morgan fingerprint density at radius 1 is 1.30 bits per heavy atom. The minimum Gasteiger partial charge on any atom is -0.486 e. The van der Waals surface area contributed by atoms with Gasteiger partial charge in [0.05, 0.1) is 12.3 Å². The Hall–Kier alpha value is -1.43. The second-order valence-corrected chi connectivity index (χ2v) is 7.08. The first-order valence-corrected chi connectivity index (χ1v) is 9.10. The highest BCUT2D eigenvalue weighted by atomic mass is 32.1. The summed E-state index contributed by atoms with van der Waals surface area (Å²) in [4.78, 5) is 7.03. The zero-order chi connectivity index (χ0) is 16.1. The molecule has 1 fully saturated rings. The highest BCUT2D eigenvalue weighted by Gasteiger charge is 2.22. The molecule has 1 atom stereocenters. The summed E-state index contributed by atoms with van der Waals surface area (Å²) in [6.45, 7) is 4.70. The lowest BCUT2D eigenvalue weighted by Gasteiger charge is -2.33. The van der Waals surface area contributed by atoms with Gasteiger partial charge in [0, 0.05) is 18.0 Å². The van der Waals surface area contributed by atoms with Crippen molar-refractivity contribution in [1.29, 1.82) is 0 Å². The molecule has 0 bridgehead atoms. The lowest BCUT2D eigenvalue weighted by Crippen LogP contribution is -2.41. The first-order valence-electron chi connectivity index (χ1n) is 8.22. The number of aryl methyl sites for hydroxylation is 1. The van der Waals surface area contributed by atoms with Gasteiger partial charge in [-0.3, -0.25) is 4.90 Å². The van der Waals surface area contributed by atoms with E-state index >= 15 is 0 Å². The van der Waals surface area contributed by atoms with Gasteiger partial charge in [0.15, 0.2) is 0 Å². The molecule has 1 aromatic carbocycles. The number of ether oxygens (including phenoxy) is 1. The minimum atomic E-state index is 0.244. The van der Waals surface area contributed by atoms with Gasteiger partial charge in [-0.15, -0.1) is 11.3 Å². The minimum absolute atomic E-state index is 0.244. The molecule has 1 aliphatic rings. The summed E-state index contributed by atoms with van der Waals surface area (Å²) in [5, 5.41) is 12.6. The van der Waals surface area contributed by atoms with Crippen molar-refractivity contribution in [2.45, 2.75) is 45.4 Å². The predicted molar refractivity (Wildman–Crippen MR) is 92.8 cm³/mol. The van der Waals surface area contributed by atoms with E-state index in [4.69, 9.17) is 4.74 Å². The molecule has 1 N–H and O–H groups in total. The van der Waals surface area contributed by atoms with Gasteiger partial charge in [0.2, 0.25) is 0 Å². The van der Waals surface area contributed by atoms with Crippen LogP contribution in [0.2, 0.25) is 0 Å². The van der Waals surface area contributed by atoms with Crippen LogP contribution in [0.25, 0.3) is 0 Å². The second-order valence-electron chi connectivity index (χ2n) is 6.14. The van der Waals surface area contributed by atoms with Gasteiger partial charge in [0.1, 0.15) is 17.4 Å². The molecular formula is C18H24N2O2S. The van der Waals surface area contributed by atoms with E-state index in [0.29, 0.717) is 6.61 Å². The number of rotatable bonds is 6. The van der Waals surface area contributed by atoms with Crippen LogP contribution in [0.15, 0.2) is 29.6 Å². The van der Waals surface area contributed by atoms with Gasteiger partial charge in [-0.25, -0.2) is 4.98 Å². The number of nitrogens with zero attached hydrogens (tertiary/aromatic N) is 2. The number of aliphatic hydroxyl groups excluding tert-OH is 1. The number of likely N-dealkylation sites (tertiary alicyclic amines) is 1. The van der Waals surface area contributed by atoms with E-state index in [1.165, 1.54) is 18.4 Å². The maximum Gasteiger partial charge on any atom is 0.140 e. The number of hydrogen-bond acceptors (Lipinski definition) is 5. The van der Waals surface area contributed by atoms with E-state index in [1.807, 2.05) is 24.3 Å². The standard InChI is InChI=1S/C18H24N2O2S/c1-14-5-7-17(8-6-14)22-12-18-19-15(13-23-18)10-20-9-3-2-4-16(20)11-21/h5-8,13,16,21H,2-4,9-12H2,1H3. The fourth-order valence-corrected chi connectivity index (χ4v) is 3.65. The Bertz CT molecular complexity index is 612. The zero-order valence-corrected chi connectivity index (χ0v) is 14.4. The summed E-state index contributed by atoms with van der Waals surface area (Å²) in [6, 6.07) is 8.37. The average molecular weight is 332 g/mol. The summed E-state index contributed by atoms with van der Waals surface area (Å²) >= 11 is 1.64. The molecule has 0 amide bonds. The highest BCUT2D eigenvalue weighted by Crippen LogP contribution is 2.21. The van der Waals surface area contributed by atoms with Crippen molar-refractivity contribution in [2.24, 2.45) is 0 Å². The van der Waals surface area contributed by atoms with Crippen molar-refractivity contribution < 1.29 is 9.84 Å². The number of piperidine rings is 1. The average Bonchev–Trinajstić information content (AvgIpc) is 3.02. The fraction of sp³-hybridized carbons (Fsp3) is 0.500. The van der Waals surface area contributed by atoms with E-state index in [2.05, 4.69) is 22.2 Å². The molecule has 1 aromatic heterocycles. The number of thiazole rings is 1. The van der Waals surface area contributed by atoms with Crippen LogP contribution in [-0.4, -0.2) is 34.2 Å². The van der Waals surface area contributed by atoms with Crippen LogP contribution in [0.5, 0.6) is 5.75 Å². The third kappa shape index (κ3) is 4.53. The Morgan fingerprint density at radius 2 is 2.13 bits per heavy atom. The van der Waals surface area contributed by atoms with Crippen LogP contribution >= 0.6 is 11.3 Å². The van der Waals surface area contributed by atoms with Crippen LogP contribution in [-0.2, 0) is 13.2 Å². The number of benzene rings is 1. The lowest BCUT2D eigenvalue weighted by molar-refractivity contribution is 0.0831. The third-order valence-electron chi connectivity index (χ3n) is 4.31. The molecular weight excluding hydrogens is 308 g/mol. The SMILES string of the molecule is Cc1ccc(OCc2nc(CN3CCCCC3CO)cs2)cc1. The molecule has 2 heterocycles. The van der Waals surface area contributed by atoms with Crippen molar-refractivity contribution in [1.82, 2.24) is 9.88 Å². The summed E-state index contributed by atoms with van der Waals surface area (Å²) in [6.07, 6.45) is 3.52. The summed E-state index contributed by atoms with van der Waals surface area (Å²) in [5.74, 6) is 0.878. The second kappa shape index (κ2) is 7.90. The fourth-order valence-electron chi connectivity index (χ4n) is 2.95. The van der Waals surface area contributed by atoms with E-state index < -0.39 is 0 Å². The third-order valence-corrected chi connectivity index (χ3v) is 5.18. The Kier molecular flexibility index (Phi) is 5.65. The molecule has 0 aliphatic carbocycles. The lowest BCUT2D eigenvalue weighted by atomic mass is 10.0. The van der Waals surface area contributed by atoms with Gasteiger partial charge in [-0.1, -0.05) is 24.1 Å². The summed E-state index contributed by atoms with van der Waals surface area (Å²) in [5.41, 5.74) is 2.31. The molecule has 2 aromatic rings. The molecule has 23 heavy (non-hydrogen) atoms. The summed E-state index contributed by atoms with van der Waals surface area (Å²) in [7, 11) is 0. The van der Waals surface area contributed by atoms with Gasteiger partial charge in [0.25, 0.3) is 0 Å². The van der Waals surface area contributed by atoms with Gasteiger partial charge < -0.3 is 9.84 Å². The molecule has 1 unspecified atom stereocenters. The van der Waals surface area contributed by atoms with E-state index in [1.54, 1.807) is 11.3 Å².